The largest absolute Gasteiger partial charge is 0.457 e. The monoisotopic (exact) mass is 960 g/mol. The number of alkyl halides is 12. The maximum absolute atomic E-state index is 13.7. The van der Waals surface area contributed by atoms with Gasteiger partial charge in [0, 0.05) is 52.3 Å². The second kappa shape index (κ2) is 19.9. The van der Waals surface area contributed by atoms with E-state index in [9.17, 15) is 52.7 Å². The first-order chi connectivity index (χ1) is 31.7. The quantitative estimate of drug-likeness (QED) is 0.0644. The van der Waals surface area contributed by atoms with Crippen molar-refractivity contribution in [1.29, 1.82) is 0 Å². The van der Waals surface area contributed by atoms with E-state index in [1.54, 1.807) is 12.1 Å². The zero-order valence-electron chi connectivity index (χ0n) is 35.0. The van der Waals surface area contributed by atoms with Gasteiger partial charge in [0.2, 0.25) is 10.8 Å². The minimum atomic E-state index is -5.65. The molecule has 0 unspecified atom stereocenters. The molecule has 7 aromatic carbocycles. The summed E-state index contributed by atoms with van der Waals surface area (Å²) in [4.78, 5) is 0. The van der Waals surface area contributed by atoms with Gasteiger partial charge in [0.05, 0.1) is 0 Å². The fourth-order valence-electron chi connectivity index (χ4n) is 7.00. The molecule has 358 valence electrons. The summed E-state index contributed by atoms with van der Waals surface area (Å²) in [6, 6.07) is 36.2. The van der Waals surface area contributed by atoms with Crippen LogP contribution in [-0.4, -0.2) is 24.7 Å². The first kappa shape index (κ1) is 51.1. The Morgan fingerprint density at radius 2 is 0.500 bits per heavy atom. The van der Waals surface area contributed by atoms with Crippen LogP contribution in [0.5, 0.6) is 23.0 Å². The van der Waals surface area contributed by atoms with Crippen molar-refractivity contribution in [3.63, 3.8) is 0 Å². The van der Waals surface area contributed by atoms with Gasteiger partial charge < -0.3 is 43.9 Å². The van der Waals surface area contributed by atoms with Gasteiger partial charge in [-0.05, 0) is 107 Å². The van der Waals surface area contributed by atoms with Crippen molar-refractivity contribution in [1.82, 2.24) is 0 Å². The van der Waals surface area contributed by atoms with Crippen molar-refractivity contribution < 1.29 is 62.2 Å². The number of halogens is 12. The summed E-state index contributed by atoms with van der Waals surface area (Å²) < 4.78 is 176. The molecule has 68 heavy (non-hydrogen) atoms. The lowest BCUT2D eigenvalue weighted by atomic mass is 9.72. The molecule has 0 atom stereocenters. The first-order valence-electron chi connectivity index (χ1n) is 19.6. The maximum atomic E-state index is 13.7. The van der Waals surface area contributed by atoms with Crippen molar-refractivity contribution in [2.24, 2.45) is 0 Å². The van der Waals surface area contributed by atoms with Crippen molar-refractivity contribution >= 4 is 34.1 Å². The molecular weight excluding hydrogens is 921 g/mol. The molecule has 20 heteroatoms. The summed E-state index contributed by atoms with van der Waals surface area (Å²) in [5.41, 5.74) is 21.7. The molecule has 0 fully saturated rings. The lowest BCUT2D eigenvalue weighted by Crippen LogP contribution is -2.54. The molecule has 0 aliphatic rings. The fraction of sp³-hybridized carbons (Fsp3) is 0.125. The standard InChI is InChI=1S/C18H16N2O2.2C15H12F6N2/c19-13-4-1-6-15(10-13)21-17-8-3-9-18(12-17)22-16-7-2-5-14(20)11-16;16-14(17,18)13(15(19,20)21,9-1-5-11(22)6-2-9)10-3-7-12(23)8-4-10;16-14(17,18)13(15(19,20)21,9-3-1-5-11(22)7-9)10-4-2-6-12(23)8-10/h1-12H,19-20H2;2*1-8H,22-23H2. The highest BCUT2D eigenvalue weighted by Crippen LogP contribution is 2.58. The molecule has 0 aliphatic carbocycles. The summed E-state index contributed by atoms with van der Waals surface area (Å²) in [5, 5.41) is 0. The molecule has 0 aliphatic heterocycles. The van der Waals surface area contributed by atoms with E-state index < -0.39 is 57.8 Å². The lowest BCUT2D eigenvalue weighted by Gasteiger charge is -2.38. The predicted octanol–water partition coefficient (Wildman–Crippen LogP) is 13.0. The van der Waals surface area contributed by atoms with E-state index in [0.29, 0.717) is 46.5 Å². The summed E-state index contributed by atoms with van der Waals surface area (Å²) in [7, 11) is 0. The van der Waals surface area contributed by atoms with Crippen molar-refractivity contribution in [2.75, 3.05) is 34.4 Å². The van der Waals surface area contributed by atoms with Crippen LogP contribution in [0.2, 0.25) is 0 Å². The van der Waals surface area contributed by atoms with E-state index in [2.05, 4.69) is 0 Å². The molecule has 8 nitrogen and oxygen atoms in total. The molecule has 0 aromatic heterocycles. The second-order valence-corrected chi connectivity index (χ2v) is 14.8. The number of rotatable bonds is 8. The number of ether oxygens (including phenoxy) is 2. The Labute approximate surface area is 380 Å². The van der Waals surface area contributed by atoms with E-state index in [4.69, 9.17) is 43.9 Å². The number of anilines is 6. The third-order valence-corrected chi connectivity index (χ3v) is 10.0. The van der Waals surface area contributed by atoms with Crippen LogP contribution in [0.15, 0.2) is 170 Å². The third-order valence-electron chi connectivity index (χ3n) is 10.0. The van der Waals surface area contributed by atoms with E-state index >= 15 is 0 Å². The van der Waals surface area contributed by atoms with Gasteiger partial charge in [-0.15, -0.1) is 0 Å². The van der Waals surface area contributed by atoms with Gasteiger partial charge in [0.1, 0.15) is 23.0 Å². The highest BCUT2D eigenvalue weighted by Gasteiger charge is 2.73. The average molecular weight is 961 g/mol. The number of nitrogen functional groups attached to an aromatic ring is 6. The molecule has 0 amide bonds. The van der Waals surface area contributed by atoms with Gasteiger partial charge in [-0.3, -0.25) is 0 Å². The second-order valence-electron chi connectivity index (χ2n) is 14.8. The maximum Gasteiger partial charge on any atom is 0.411 e. The molecule has 0 bridgehead atoms. The fourth-order valence-corrected chi connectivity index (χ4v) is 7.00. The third kappa shape index (κ3) is 11.2. The highest BCUT2D eigenvalue weighted by atomic mass is 19.4. The van der Waals surface area contributed by atoms with Crippen LogP contribution in [0.4, 0.5) is 86.8 Å². The van der Waals surface area contributed by atoms with Crippen LogP contribution < -0.4 is 43.9 Å². The predicted molar refractivity (Wildman–Crippen MR) is 237 cm³/mol. The Morgan fingerprint density at radius 1 is 0.250 bits per heavy atom. The number of hydrogen-bond acceptors (Lipinski definition) is 8. The smallest absolute Gasteiger partial charge is 0.411 e. The van der Waals surface area contributed by atoms with Gasteiger partial charge in [0.25, 0.3) is 0 Å². The van der Waals surface area contributed by atoms with Crippen LogP contribution in [0, 0.1) is 0 Å². The Morgan fingerprint density at radius 3 is 0.779 bits per heavy atom. The minimum Gasteiger partial charge on any atom is -0.457 e. The van der Waals surface area contributed by atoms with Crippen LogP contribution in [0.1, 0.15) is 22.3 Å². The molecule has 0 saturated heterocycles. The molecule has 0 spiro atoms. The van der Waals surface area contributed by atoms with Gasteiger partial charge in [0.15, 0.2) is 0 Å². The number of hydrogen-bond donors (Lipinski definition) is 6. The Kier molecular flexibility index (Phi) is 15.0. The van der Waals surface area contributed by atoms with Gasteiger partial charge in [-0.1, -0.05) is 66.7 Å². The Bertz CT molecular complexity index is 2590. The number of benzene rings is 7. The number of nitrogens with two attached hydrogens (primary N) is 6. The SMILES string of the molecule is Nc1ccc(C(c2ccc(N)cc2)(C(F)(F)F)C(F)(F)F)cc1.Nc1cccc(C(c2cccc(N)c2)(C(F)(F)F)C(F)(F)F)c1.Nc1cccc(Oc2cccc(Oc3cccc(N)c3)c2)c1. The zero-order chi connectivity index (χ0) is 50.3. The van der Waals surface area contributed by atoms with E-state index in [1.165, 1.54) is 12.1 Å². The summed E-state index contributed by atoms with van der Waals surface area (Å²) in [6.45, 7) is 0. The normalized spacial score (nSPS) is 12.2. The molecule has 12 N–H and O–H groups in total. The summed E-state index contributed by atoms with van der Waals surface area (Å²) in [5.74, 6) is 2.71. The van der Waals surface area contributed by atoms with Crippen LogP contribution in [0.25, 0.3) is 0 Å². The molecule has 0 saturated carbocycles. The molecular formula is C48H40F12N6O2. The van der Waals surface area contributed by atoms with Gasteiger partial charge in [-0.25, -0.2) is 0 Å². The van der Waals surface area contributed by atoms with E-state index in [1.807, 2.05) is 60.7 Å². The highest BCUT2D eigenvalue weighted by molar-refractivity contribution is 5.55. The van der Waals surface area contributed by atoms with Gasteiger partial charge >= 0.3 is 24.7 Å². The summed E-state index contributed by atoms with van der Waals surface area (Å²) in [6.07, 6.45) is -22.5. The molecule has 7 aromatic rings. The summed E-state index contributed by atoms with van der Waals surface area (Å²) >= 11 is 0. The van der Waals surface area contributed by atoms with Crippen LogP contribution in [0.3, 0.4) is 0 Å². The van der Waals surface area contributed by atoms with Gasteiger partial charge in [-0.2, -0.15) is 52.7 Å². The molecule has 0 heterocycles. The minimum absolute atomic E-state index is 0.0595. The van der Waals surface area contributed by atoms with Crippen LogP contribution >= 0.6 is 0 Å². The Balaban J connectivity index is 0.000000191. The van der Waals surface area contributed by atoms with E-state index in [-0.39, 0.29) is 22.7 Å². The van der Waals surface area contributed by atoms with Crippen molar-refractivity contribution in [3.05, 3.63) is 192 Å². The van der Waals surface area contributed by atoms with Crippen molar-refractivity contribution in [3.8, 4) is 23.0 Å². The Hall–Kier alpha value is -7.90. The van der Waals surface area contributed by atoms with Crippen molar-refractivity contribution in [2.45, 2.75) is 35.5 Å². The topological polar surface area (TPSA) is 175 Å². The van der Waals surface area contributed by atoms with E-state index in [0.717, 1.165) is 72.8 Å². The molecule has 0 radical (unpaired) electrons. The van der Waals surface area contributed by atoms with Crippen LogP contribution in [-0.2, 0) is 10.8 Å². The average Bonchev–Trinajstić information content (AvgIpc) is 3.21. The first-order valence-corrected chi connectivity index (χ1v) is 19.6. The molecule has 7 rings (SSSR count). The zero-order valence-corrected chi connectivity index (χ0v) is 35.0. The lowest BCUT2D eigenvalue weighted by molar-refractivity contribution is -0.290.